The molecule has 0 aromatic heterocycles. The highest BCUT2D eigenvalue weighted by Crippen LogP contribution is 2.23. The molecule has 3 N–H and O–H groups in total. The number of carboxylic acids is 1. The summed E-state index contributed by atoms with van der Waals surface area (Å²) in [5, 5.41) is 8.80. The van der Waals surface area contributed by atoms with E-state index in [1.807, 2.05) is 0 Å². The Labute approximate surface area is 71.7 Å². The zero-order valence-corrected chi connectivity index (χ0v) is 7.03. The highest BCUT2D eigenvalue weighted by molar-refractivity contribution is 5.70. The molecule has 0 radical (unpaired) electrons. The van der Waals surface area contributed by atoms with Crippen LogP contribution in [0.15, 0.2) is 0 Å². The summed E-state index contributed by atoms with van der Waals surface area (Å²) >= 11 is 0. The average Bonchev–Trinajstić information content (AvgIpc) is 2.07. The van der Waals surface area contributed by atoms with E-state index < -0.39 is 5.97 Å². The van der Waals surface area contributed by atoms with Crippen molar-refractivity contribution in [2.75, 3.05) is 19.8 Å². The summed E-state index contributed by atoms with van der Waals surface area (Å²) in [7, 11) is 0. The van der Waals surface area contributed by atoms with Gasteiger partial charge in [-0.3, -0.25) is 4.79 Å². The molecule has 1 aliphatic rings. The van der Waals surface area contributed by atoms with E-state index in [9.17, 15) is 4.79 Å². The molecule has 1 fully saturated rings. The Hall–Kier alpha value is -0.610. The molecular weight excluding hydrogens is 158 g/mol. The molecule has 0 aromatic carbocycles. The Kier molecular flexibility index (Phi) is 3.49. The summed E-state index contributed by atoms with van der Waals surface area (Å²) in [5.41, 5.74) is 5.38. The Bertz CT molecular complexity index is 154. The molecule has 0 aromatic rings. The number of rotatable bonds is 3. The van der Waals surface area contributed by atoms with E-state index in [-0.39, 0.29) is 18.4 Å². The molecule has 4 nitrogen and oxygen atoms in total. The second-order valence-electron chi connectivity index (χ2n) is 3.13. The lowest BCUT2D eigenvalue weighted by Gasteiger charge is -2.26. The van der Waals surface area contributed by atoms with Gasteiger partial charge >= 0.3 is 5.97 Å². The highest BCUT2D eigenvalue weighted by Gasteiger charge is 2.28. The van der Waals surface area contributed by atoms with E-state index in [4.69, 9.17) is 15.6 Å². The van der Waals surface area contributed by atoms with Crippen molar-refractivity contribution in [1.82, 2.24) is 0 Å². The molecule has 1 heterocycles. The molecule has 1 aliphatic heterocycles. The van der Waals surface area contributed by atoms with Crippen LogP contribution in [0, 0.1) is 11.8 Å². The summed E-state index contributed by atoms with van der Waals surface area (Å²) in [6, 6.07) is 0. The minimum Gasteiger partial charge on any atom is -0.481 e. The molecule has 70 valence electrons. The molecular formula is C8H15NO3. The highest BCUT2D eigenvalue weighted by atomic mass is 16.5. The summed E-state index contributed by atoms with van der Waals surface area (Å²) in [6.07, 6.45) is 1.66. The molecule has 0 bridgehead atoms. The fraction of sp³-hybridized carbons (Fsp3) is 0.875. The maximum atomic E-state index is 10.7. The number of carboxylic acid groups (broad SMARTS) is 1. The van der Waals surface area contributed by atoms with Crippen molar-refractivity contribution >= 4 is 5.97 Å². The van der Waals surface area contributed by atoms with Crippen molar-refractivity contribution in [3.05, 3.63) is 0 Å². The Morgan fingerprint density at radius 3 is 2.58 bits per heavy atom. The summed E-state index contributed by atoms with van der Waals surface area (Å²) < 4.78 is 5.14. The van der Waals surface area contributed by atoms with Gasteiger partial charge in [0, 0.05) is 19.8 Å². The molecule has 12 heavy (non-hydrogen) atoms. The van der Waals surface area contributed by atoms with Crippen LogP contribution in [-0.2, 0) is 9.53 Å². The maximum Gasteiger partial charge on any atom is 0.308 e. The number of nitrogens with two attached hydrogens (primary N) is 1. The molecule has 4 heteroatoms. The van der Waals surface area contributed by atoms with Crippen molar-refractivity contribution in [3.8, 4) is 0 Å². The number of carbonyl (C=O) groups is 1. The molecule has 0 amide bonds. The molecule has 1 atom stereocenters. The largest absolute Gasteiger partial charge is 0.481 e. The first-order valence-corrected chi connectivity index (χ1v) is 4.26. The van der Waals surface area contributed by atoms with Crippen LogP contribution in [0.4, 0.5) is 0 Å². The number of hydrogen-bond donors (Lipinski definition) is 2. The average molecular weight is 173 g/mol. The predicted octanol–water partition coefficient (Wildman–Crippen LogP) is 0.0725. The SMILES string of the molecule is NCC(C(=O)O)C1CCOCC1. The maximum absolute atomic E-state index is 10.7. The number of aliphatic carboxylic acids is 1. The molecule has 0 saturated carbocycles. The minimum absolute atomic E-state index is 0.209. The zero-order valence-electron chi connectivity index (χ0n) is 7.03. The van der Waals surface area contributed by atoms with E-state index in [0.717, 1.165) is 12.8 Å². The van der Waals surface area contributed by atoms with Crippen LogP contribution in [0.2, 0.25) is 0 Å². The van der Waals surface area contributed by atoms with E-state index in [1.54, 1.807) is 0 Å². The van der Waals surface area contributed by atoms with Crippen molar-refractivity contribution < 1.29 is 14.6 Å². The van der Waals surface area contributed by atoms with Crippen LogP contribution in [-0.4, -0.2) is 30.8 Å². The van der Waals surface area contributed by atoms with E-state index in [1.165, 1.54) is 0 Å². The lowest BCUT2D eigenvalue weighted by atomic mass is 9.86. The van der Waals surface area contributed by atoms with Crippen molar-refractivity contribution in [1.29, 1.82) is 0 Å². The van der Waals surface area contributed by atoms with Crippen LogP contribution >= 0.6 is 0 Å². The first-order chi connectivity index (χ1) is 5.75. The molecule has 1 rings (SSSR count). The van der Waals surface area contributed by atoms with Crippen LogP contribution in [0.3, 0.4) is 0 Å². The number of ether oxygens (including phenoxy) is 1. The lowest BCUT2D eigenvalue weighted by molar-refractivity contribution is -0.144. The van der Waals surface area contributed by atoms with Crippen LogP contribution < -0.4 is 5.73 Å². The van der Waals surface area contributed by atoms with Crippen LogP contribution in [0.25, 0.3) is 0 Å². The van der Waals surface area contributed by atoms with Gasteiger partial charge in [0.2, 0.25) is 0 Å². The van der Waals surface area contributed by atoms with Gasteiger partial charge in [-0.15, -0.1) is 0 Å². The quantitative estimate of drug-likeness (QED) is 0.633. The van der Waals surface area contributed by atoms with Gasteiger partial charge in [-0.05, 0) is 18.8 Å². The van der Waals surface area contributed by atoms with Gasteiger partial charge in [0.25, 0.3) is 0 Å². The zero-order chi connectivity index (χ0) is 8.97. The molecule has 0 aliphatic carbocycles. The van der Waals surface area contributed by atoms with Gasteiger partial charge in [0.15, 0.2) is 0 Å². The molecule has 0 spiro atoms. The van der Waals surface area contributed by atoms with Crippen LogP contribution in [0.1, 0.15) is 12.8 Å². The van der Waals surface area contributed by atoms with Crippen LogP contribution in [0.5, 0.6) is 0 Å². The summed E-state index contributed by atoms with van der Waals surface area (Å²) in [4.78, 5) is 10.7. The van der Waals surface area contributed by atoms with E-state index in [0.29, 0.717) is 13.2 Å². The fourth-order valence-electron chi connectivity index (χ4n) is 1.61. The lowest BCUT2D eigenvalue weighted by Crippen LogP contribution is -2.34. The van der Waals surface area contributed by atoms with Gasteiger partial charge in [-0.25, -0.2) is 0 Å². The van der Waals surface area contributed by atoms with Gasteiger partial charge in [-0.2, -0.15) is 0 Å². The molecule has 1 saturated heterocycles. The summed E-state index contributed by atoms with van der Waals surface area (Å²) in [6.45, 7) is 1.59. The van der Waals surface area contributed by atoms with Gasteiger partial charge < -0.3 is 15.6 Å². The molecule has 1 unspecified atom stereocenters. The summed E-state index contributed by atoms with van der Waals surface area (Å²) in [5.74, 6) is -0.945. The first-order valence-electron chi connectivity index (χ1n) is 4.26. The van der Waals surface area contributed by atoms with Gasteiger partial charge in [-0.1, -0.05) is 0 Å². The Morgan fingerprint density at radius 2 is 2.17 bits per heavy atom. The second kappa shape index (κ2) is 4.42. The minimum atomic E-state index is -0.774. The van der Waals surface area contributed by atoms with Gasteiger partial charge in [0.05, 0.1) is 5.92 Å². The second-order valence-corrected chi connectivity index (χ2v) is 3.13. The first kappa shape index (κ1) is 9.48. The topological polar surface area (TPSA) is 72.6 Å². The van der Waals surface area contributed by atoms with E-state index in [2.05, 4.69) is 0 Å². The van der Waals surface area contributed by atoms with Crippen molar-refractivity contribution in [3.63, 3.8) is 0 Å². The Balaban J connectivity index is 2.46. The predicted molar refractivity (Wildman–Crippen MR) is 43.7 cm³/mol. The monoisotopic (exact) mass is 173 g/mol. The van der Waals surface area contributed by atoms with Crippen molar-refractivity contribution in [2.24, 2.45) is 17.6 Å². The Morgan fingerprint density at radius 1 is 1.58 bits per heavy atom. The third kappa shape index (κ3) is 2.19. The van der Waals surface area contributed by atoms with Gasteiger partial charge in [0.1, 0.15) is 0 Å². The third-order valence-electron chi connectivity index (χ3n) is 2.41. The normalized spacial score (nSPS) is 22.1. The third-order valence-corrected chi connectivity index (χ3v) is 2.41. The smallest absolute Gasteiger partial charge is 0.308 e. The number of hydrogen-bond acceptors (Lipinski definition) is 3. The van der Waals surface area contributed by atoms with Crippen molar-refractivity contribution in [2.45, 2.75) is 12.8 Å². The fourth-order valence-corrected chi connectivity index (χ4v) is 1.61. The van der Waals surface area contributed by atoms with E-state index >= 15 is 0 Å². The standard InChI is InChI=1S/C8H15NO3/c9-5-7(8(10)11)6-1-3-12-4-2-6/h6-7H,1-5,9H2,(H,10,11).